The fourth-order valence-electron chi connectivity index (χ4n) is 6.92. The van der Waals surface area contributed by atoms with Crippen LogP contribution in [0.3, 0.4) is 0 Å². The molecule has 1 aromatic rings. The summed E-state index contributed by atoms with van der Waals surface area (Å²) in [5.74, 6) is 2.59. The predicted octanol–water partition coefficient (Wildman–Crippen LogP) is 2.82. The lowest BCUT2D eigenvalue weighted by molar-refractivity contribution is -0.0135. The lowest BCUT2D eigenvalue weighted by Gasteiger charge is -2.56. The van der Waals surface area contributed by atoms with Gasteiger partial charge in [-0.2, -0.15) is 0 Å². The zero-order valence-corrected chi connectivity index (χ0v) is 17.5. The van der Waals surface area contributed by atoms with E-state index in [2.05, 4.69) is 51.6 Å². The van der Waals surface area contributed by atoms with Gasteiger partial charge in [-0.1, -0.05) is 30.3 Å². The van der Waals surface area contributed by atoms with Crippen LogP contribution in [0.5, 0.6) is 0 Å². The minimum Gasteiger partial charge on any atom is -0.338 e. The number of benzene rings is 1. The Labute approximate surface area is 174 Å². The van der Waals surface area contributed by atoms with E-state index in [9.17, 15) is 4.79 Å². The molecule has 158 valence electrons. The minimum atomic E-state index is 0.0534. The minimum absolute atomic E-state index is 0.0534. The van der Waals surface area contributed by atoms with Crippen LogP contribution in [-0.2, 0) is 6.42 Å². The van der Waals surface area contributed by atoms with E-state index in [4.69, 9.17) is 0 Å². The third-order valence-corrected chi connectivity index (χ3v) is 7.83. The Balaban J connectivity index is 1.01. The summed E-state index contributed by atoms with van der Waals surface area (Å²) in [6.07, 6.45) is 9.90. The molecule has 4 saturated carbocycles. The molecule has 5 fully saturated rings. The van der Waals surface area contributed by atoms with Gasteiger partial charge in [0.1, 0.15) is 0 Å². The van der Waals surface area contributed by atoms with Crippen molar-refractivity contribution in [1.82, 2.24) is 21.3 Å². The SMILES string of the molecule is O=C(NCC[C@H]1CN[C@@H](Cc2ccccc2)CN1)NC12CC3CC(CC(C3)C1)C2. The highest BCUT2D eigenvalue weighted by atomic mass is 16.2. The maximum Gasteiger partial charge on any atom is 0.315 e. The van der Waals surface area contributed by atoms with Gasteiger partial charge >= 0.3 is 6.03 Å². The molecule has 5 nitrogen and oxygen atoms in total. The van der Waals surface area contributed by atoms with E-state index >= 15 is 0 Å². The standard InChI is InChI=1S/C24H36N4O/c29-23(28-24-12-18-8-19(13-24)10-20(9-18)14-24)25-7-6-21-15-27-22(16-26-21)11-17-4-2-1-3-5-17/h1-5,18-22,26-27H,6-16H2,(H2,25,28,29)/t18?,19?,20?,21-,22-,24?/m0/s1. The van der Waals surface area contributed by atoms with Gasteiger partial charge in [0.2, 0.25) is 0 Å². The zero-order chi connectivity index (χ0) is 19.7. The number of urea groups is 1. The molecule has 1 aromatic carbocycles. The average Bonchev–Trinajstić information content (AvgIpc) is 2.69. The summed E-state index contributed by atoms with van der Waals surface area (Å²) >= 11 is 0. The first kappa shape index (κ1) is 19.4. The van der Waals surface area contributed by atoms with Gasteiger partial charge in [-0.15, -0.1) is 0 Å². The Morgan fingerprint density at radius 2 is 1.55 bits per heavy atom. The molecule has 0 spiro atoms. The van der Waals surface area contributed by atoms with E-state index < -0.39 is 0 Å². The summed E-state index contributed by atoms with van der Waals surface area (Å²) in [5.41, 5.74) is 1.49. The largest absolute Gasteiger partial charge is 0.338 e. The number of nitrogens with one attached hydrogen (secondary N) is 4. The second kappa shape index (κ2) is 8.27. The molecule has 0 aromatic heterocycles. The van der Waals surface area contributed by atoms with Crippen molar-refractivity contribution in [3.8, 4) is 0 Å². The van der Waals surface area contributed by atoms with Crippen LogP contribution < -0.4 is 21.3 Å². The fourth-order valence-corrected chi connectivity index (χ4v) is 6.92. The zero-order valence-electron chi connectivity index (χ0n) is 17.5. The lowest BCUT2D eigenvalue weighted by atomic mass is 9.53. The molecule has 1 heterocycles. The van der Waals surface area contributed by atoms with Crippen LogP contribution in [0.15, 0.2) is 30.3 Å². The molecule has 4 bridgehead atoms. The van der Waals surface area contributed by atoms with E-state index in [-0.39, 0.29) is 11.6 Å². The fraction of sp³-hybridized carbons (Fsp3) is 0.708. The maximum atomic E-state index is 12.6. The predicted molar refractivity (Wildman–Crippen MR) is 116 cm³/mol. The van der Waals surface area contributed by atoms with Crippen LogP contribution in [0.25, 0.3) is 0 Å². The topological polar surface area (TPSA) is 65.2 Å². The molecular weight excluding hydrogens is 360 g/mol. The first-order valence-corrected chi connectivity index (χ1v) is 11.7. The molecule has 2 amide bonds. The molecule has 5 heteroatoms. The summed E-state index contributed by atoms with van der Waals surface area (Å²) in [7, 11) is 0. The molecular formula is C24H36N4O. The van der Waals surface area contributed by atoms with E-state index in [1.807, 2.05) is 0 Å². The van der Waals surface area contributed by atoms with Gasteiger partial charge < -0.3 is 21.3 Å². The lowest BCUT2D eigenvalue weighted by Crippen LogP contribution is -2.61. The molecule has 4 N–H and O–H groups in total. The molecule has 6 rings (SSSR count). The summed E-state index contributed by atoms with van der Waals surface area (Å²) < 4.78 is 0. The van der Waals surface area contributed by atoms with Crippen LogP contribution >= 0.6 is 0 Å². The van der Waals surface area contributed by atoms with Crippen molar-refractivity contribution in [2.24, 2.45) is 17.8 Å². The van der Waals surface area contributed by atoms with Crippen molar-refractivity contribution in [1.29, 1.82) is 0 Å². The summed E-state index contributed by atoms with van der Waals surface area (Å²) in [4.78, 5) is 12.6. The second-order valence-corrected chi connectivity index (χ2v) is 10.3. The quantitative estimate of drug-likeness (QED) is 0.598. The smallest absolute Gasteiger partial charge is 0.315 e. The Kier molecular flexibility index (Phi) is 5.53. The molecule has 1 aliphatic heterocycles. The Morgan fingerprint density at radius 1 is 0.931 bits per heavy atom. The molecule has 0 unspecified atom stereocenters. The van der Waals surface area contributed by atoms with Crippen molar-refractivity contribution >= 4 is 6.03 Å². The van der Waals surface area contributed by atoms with Crippen molar-refractivity contribution in [3.05, 3.63) is 35.9 Å². The normalized spacial score (nSPS) is 38.0. The second-order valence-electron chi connectivity index (χ2n) is 10.3. The number of carbonyl (C=O) groups excluding carboxylic acids is 1. The van der Waals surface area contributed by atoms with Crippen molar-refractivity contribution in [3.63, 3.8) is 0 Å². The van der Waals surface area contributed by atoms with Gasteiger partial charge in [0.05, 0.1) is 0 Å². The number of carbonyl (C=O) groups is 1. The Hall–Kier alpha value is -1.59. The van der Waals surface area contributed by atoms with Gasteiger partial charge in [0, 0.05) is 37.3 Å². The van der Waals surface area contributed by atoms with Gasteiger partial charge in [0.25, 0.3) is 0 Å². The van der Waals surface area contributed by atoms with Crippen LogP contribution in [0.1, 0.15) is 50.5 Å². The molecule has 29 heavy (non-hydrogen) atoms. The highest BCUT2D eigenvalue weighted by Crippen LogP contribution is 2.55. The number of hydrogen-bond acceptors (Lipinski definition) is 3. The summed E-state index contributed by atoms with van der Waals surface area (Å²) in [5, 5.41) is 13.9. The van der Waals surface area contributed by atoms with Crippen molar-refractivity contribution < 1.29 is 4.79 Å². The first-order valence-electron chi connectivity index (χ1n) is 11.7. The third kappa shape index (κ3) is 4.61. The Bertz CT molecular complexity index is 663. The molecule has 1 saturated heterocycles. The van der Waals surface area contributed by atoms with Crippen LogP contribution in [0.2, 0.25) is 0 Å². The third-order valence-electron chi connectivity index (χ3n) is 7.83. The number of hydrogen-bond donors (Lipinski definition) is 4. The average molecular weight is 397 g/mol. The molecule has 5 aliphatic rings. The number of amides is 2. The van der Waals surface area contributed by atoms with Gasteiger partial charge in [-0.3, -0.25) is 0 Å². The maximum absolute atomic E-state index is 12.6. The summed E-state index contributed by atoms with van der Waals surface area (Å²) in [6, 6.07) is 11.6. The monoisotopic (exact) mass is 396 g/mol. The van der Waals surface area contributed by atoms with Gasteiger partial charge in [0.15, 0.2) is 0 Å². The van der Waals surface area contributed by atoms with E-state index in [0.29, 0.717) is 12.1 Å². The van der Waals surface area contributed by atoms with Crippen molar-refractivity contribution in [2.75, 3.05) is 19.6 Å². The van der Waals surface area contributed by atoms with Crippen LogP contribution in [0.4, 0.5) is 4.79 Å². The van der Waals surface area contributed by atoms with Gasteiger partial charge in [-0.05, 0) is 74.7 Å². The Morgan fingerprint density at radius 3 is 2.17 bits per heavy atom. The van der Waals surface area contributed by atoms with Crippen molar-refractivity contribution in [2.45, 2.75) is 69.0 Å². The van der Waals surface area contributed by atoms with Crippen LogP contribution in [0, 0.1) is 17.8 Å². The van der Waals surface area contributed by atoms with Crippen LogP contribution in [-0.4, -0.2) is 43.3 Å². The molecule has 4 aliphatic carbocycles. The highest BCUT2D eigenvalue weighted by Gasteiger charge is 2.51. The van der Waals surface area contributed by atoms with E-state index in [0.717, 1.165) is 50.2 Å². The highest BCUT2D eigenvalue weighted by molar-refractivity contribution is 5.74. The number of rotatable bonds is 6. The van der Waals surface area contributed by atoms with E-state index in [1.54, 1.807) is 0 Å². The molecule has 2 atom stereocenters. The number of piperazine rings is 1. The molecule has 0 radical (unpaired) electrons. The van der Waals surface area contributed by atoms with E-state index in [1.165, 1.54) is 44.1 Å². The first-order chi connectivity index (χ1) is 14.2. The van der Waals surface area contributed by atoms with Gasteiger partial charge in [-0.25, -0.2) is 4.79 Å². The summed E-state index contributed by atoms with van der Waals surface area (Å²) in [6.45, 7) is 2.69.